The Morgan fingerprint density at radius 3 is 2.75 bits per heavy atom. The summed E-state index contributed by atoms with van der Waals surface area (Å²) in [4.78, 5) is 0. The van der Waals surface area contributed by atoms with Crippen LogP contribution in [0.3, 0.4) is 0 Å². The zero-order chi connectivity index (χ0) is 11.4. The third-order valence-corrected chi connectivity index (χ3v) is 2.80. The van der Waals surface area contributed by atoms with Gasteiger partial charge in [0.25, 0.3) is 0 Å². The molecule has 2 aromatic rings. The molecule has 0 atom stereocenters. The normalized spacial score (nSPS) is 11.4. The van der Waals surface area contributed by atoms with E-state index < -0.39 is 0 Å². The molecular formula is C15H17N. The minimum Gasteiger partial charge on any atom is -0.316 e. The van der Waals surface area contributed by atoms with Gasteiger partial charge in [-0.05, 0) is 35.9 Å². The summed E-state index contributed by atoms with van der Waals surface area (Å²) in [7, 11) is 1.96. The van der Waals surface area contributed by atoms with Crippen LogP contribution in [0.25, 0.3) is 16.8 Å². The first-order valence-corrected chi connectivity index (χ1v) is 5.62. The van der Waals surface area contributed by atoms with Crippen molar-refractivity contribution in [1.82, 2.24) is 5.32 Å². The maximum Gasteiger partial charge on any atom is 0.0135 e. The molecule has 0 spiro atoms. The highest BCUT2D eigenvalue weighted by Gasteiger charge is 2.00. The highest BCUT2D eigenvalue weighted by molar-refractivity contribution is 5.91. The molecule has 0 radical (unpaired) electrons. The standard InChI is InChI=1S/C15H17N/c1-12-9-10-13-6-3-4-7-15(13)14(12)8-5-11-16-2/h3-10,16H,11H2,1-2H3. The van der Waals surface area contributed by atoms with E-state index in [4.69, 9.17) is 0 Å². The van der Waals surface area contributed by atoms with Crippen LogP contribution in [0.2, 0.25) is 0 Å². The molecule has 0 fully saturated rings. The SMILES string of the molecule is CNCC=Cc1c(C)ccc2ccccc12. The van der Waals surface area contributed by atoms with Gasteiger partial charge in [0.15, 0.2) is 0 Å². The Labute approximate surface area is 96.8 Å². The fourth-order valence-electron chi connectivity index (χ4n) is 1.92. The molecule has 0 aliphatic rings. The summed E-state index contributed by atoms with van der Waals surface area (Å²) >= 11 is 0. The second kappa shape index (κ2) is 4.95. The van der Waals surface area contributed by atoms with Gasteiger partial charge in [0, 0.05) is 6.54 Å². The number of nitrogens with one attached hydrogen (secondary N) is 1. The van der Waals surface area contributed by atoms with E-state index in [-0.39, 0.29) is 0 Å². The van der Waals surface area contributed by atoms with Gasteiger partial charge in [-0.1, -0.05) is 48.6 Å². The van der Waals surface area contributed by atoms with Crippen LogP contribution in [-0.2, 0) is 0 Å². The van der Waals surface area contributed by atoms with E-state index in [9.17, 15) is 0 Å². The second-order valence-electron chi connectivity index (χ2n) is 3.98. The van der Waals surface area contributed by atoms with Crippen LogP contribution in [0.4, 0.5) is 0 Å². The van der Waals surface area contributed by atoms with Crippen molar-refractivity contribution < 1.29 is 0 Å². The number of aryl methyl sites for hydroxylation is 1. The van der Waals surface area contributed by atoms with Gasteiger partial charge in [0.1, 0.15) is 0 Å². The van der Waals surface area contributed by atoms with Gasteiger partial charge in [0.2, 0.25) is 0 Å². The molecule has 2 aromatic carbocycles. The van der Waals surface area contributed by atoms with Crippen LogP contribution in [0.1, 0.15) is 11.1 Å². The Balaban J connectivity index is 2.52. The van der Waals surface area contributed by atoms with Gasteiger partial charge in [-0.2, -0.15) is 0 Å². The molecule has 0 aromatic heterocycles. The molecule has 0 unspecified atom stereocenters. The number of fused-ring (bicyclic) bond motifs is 1. The molecule has 16 heavy (non-hydrogen) atoms. The Morgan fingerprint density at radius 1 is 1.12 bits per heavy atom. The summed E-state index contributed by atoms with van der Waals surface area (Å²) < 4.78 is 0. The van der Waals surface area contributed by atoms with Crippen LogP contribution in [0, 0.1) is 6.92 Å². The van der Waals surface area contributed by atoms with E-state index in [1.165, 1.54) is 21.9 Å². The molecule has 0 amide bonds. The predicted molar refractivity (Wildman–Crippen MR) is 71.6 cm³/mol. The average molecular weight is 211 g/mol. The minimum absolute atomic E-state index is 0.905. The lowest BCUT2D eigenvalue weighted by Crippen LogP contribution is -2.03. The van der Waals surface area contributed by atoms with Gasteiger partial charge >= 0.3 is 0 Å². The first-order chi connectivity index (χ1) is 7.83. The van der Waals surface area contributed by atoms with E-state index in [2.05, 4.69) is 60.8 Å². The van der Waals surface area contributed by atoms with Crippen molar-refractivity contribution in [1.29, 1.82) is 0 Å². The fourth-order valence-corrected chi connectivity index (χ4v) is 1.92. The summed E-state index contributed by atoms with van der Waals surface area (Å²) in [6, 6.07) is 12.9. The molecular weight excluding hydrogens is 194 g/mol. The van der Waals surface area contributed by atoms with Gasteiger partial charge < -0.3 is 5.32 Å². The van der Waals surface area contributed by atoms with Crippen LogP contribution >= 0.6 is 0 Å². The van der Waals surface area contributed by atoms with E-state index in [1.54, 1.807) is 0 Å². The largest absolute Gasteiger partial charge is 0.316 e. The molecule has 0 heterocycles. The van der Waals surface area contributed by atoms with E-state index in [0.29, 0.717) is 0 Å². The predicted octanol–water partition coefficient (Wildman–Crippen LogP) is 3.38. The lowest BCUT2D eigenvalue weighted by molar-refractivity contribution is 0.922. The van der Waals surface area contributed by atoms with Crippen LogP contribution < -0.4 is 5.32 Å². The maximum atomic E-state index is 3.12. The van der Waals surface area contributed by atoms with Crippen molar-refractivity contribution in [2.24, 2.45) is 0 Å². The molecule has 1 N–H and O–H groups in total. The Hall–Kier alpha value is -1.60. The van der Waals surface area contributed by atoms with Crippen molar-refractivity contribution in [3.63, 3.8) is 0 Å². The Morgan fingerprint density at radius 2 is 1.94 bits per heavy atom. The van der Waals surface area contributed by atoms with Gasteiger partial charge in [-0.15, -0.1) is 0 Å². The summed E-state index contributed by atoms with van der Waals surface area (Å²) in [5.74, 6) is 0. The van der Waals surface area contributed by atoms with E-state index in [1.807, 2.05) is 7.05 Å². The van der Waals surface area contributed by atoms with E-state index >= 15 is 0 Å². The van der Waals surface area contributed by atoms with Crippen LogP contribution in [-0.4, -0.2) is 13.6 Å². The van der Waals surface area contributed by atoms with Crippen molar-refractivity contribution >= 4 is 16.8 Å². The minimum atomic E-state index is 0.905. The third-order valence-electron chi connectivity index (χ3n) is 2.80. The number of rotatable bonds is 3. The zero-order valence-electron chi connectivity index (χ0n) is 9.83. The zero-order valence-corrected chi connectivity index (χ0v) is 9.83. The lowest BCUT2D eigenvalue weighted by atomic mass is 9.99. The summed E-state index contributed by atoms with van der Waals surface area (Å²) in [6.45, 7) is 3.06. The molecule has 0 aliphatic carbocycles. The van der Waals surface area contributed by atoms with Gasteiger partial charge in [0.05, 0.1) is 0 Å². The molecule has 1 heteroatoms. The highest BCUT2D eigenvalue weighted by atomic mass is 14.8. The van der Waals surface area contributed by atoms with Gasteiger partial charge in [-0.3, -0.25) is 0 Å². The number of benzene rings is 2. The van der Waals surface area contributed by atoms with Crippen LogP contribution in [0.5, 0.6) is 0 Å². The van der Waals surface area contributed by atoms with Crippen molar-refractivity contribution in [3.05, 3.63) is 53.6 Å². The molecule has 2 rings (SSSR count). The second-order valence-corrected chi connectivity index (χ2v) is 3.98. The van der Waals surface area contributed by atoms with Crippen LogP contribution in [0.15, 0.2) is 42.5 Å². The first-order valence-electron chi connectivity index (χ1n) is 5.62. The molecule has 0 bridgehead atoms. The Kier molecular flexibility index (Phi) is 3.37. The first kappa shape index (κ1) is 10.9. The molecule has 0 aliphatic heterocycles. The molecule has 0 saturated heterocycles. The van der Waals surface area contributed by atoms with Gasteiger partial charge in [-0.25, -0.2) is 0 Å². The van der Waals surface area contributed by atoms with E-state index in [0.717, 1.165) is 6.54 Å². The lowest BCUT2D eigenvalue weighted by Gasteiger charge is -2.06. The fraction of sp³-hybridized carbons (Fsp3) is 0.200. The Bertz CT molecular complexity index is 512. The average Bonchev–Trinajstić information content (AvgIpc) is 2.32. The third kappa shape index (κ3) is 2.15. The smallest absolute Gasteiger partial charge is 0.0135 e. The summed E-state index contributed by atoms with van der Waals surface area (Å²) in [5, 5.41) is 5.75. The summed E-state index contributed by atoms with van der Waals surface area (Å²) in [6.07, 6.45) is 4.36. The van der Waals surface area contributed by atoms with Crippen molar-refractivity contribution in [2.75, 3.05) is 13.6 Å². The van der Waals surface area contributed by atoms with Crippen molar-refractivity contribution in [3.8, 4) is 0 Å². The number of hydrogen-bond acceptors (Lipinski definition) is 1. The summed E-state index contributed by atoms with van der Waals surface area (Å²) in [5.41, 5.74) is 2.65. The maximum absolute atomic E-state index is 3.12. The molecule has 0 saturated carbocycles. The number of likely N-dealkylation sites (N-methyl/N-ethyl adjacent to an activating group) is 1. The van der Waals surface area contributed by atoms with Crippen molar-refractivity contribution in [2.45, 2.75) is 6.92 Å². The molecule has 82 valence electrons. The molecule has 1 nitrogen and oxygen atoms in total. The monoisotopic (exact) mass is 211 g/mol. The quantitative estimate of drug-likeness (QED) is 0.820. The number of hydrogen-bond donors (Lipinski definition) is 1. The highest BCUT2D eigenvalue weighted by Crippen LogP contribution is 2.23. The topological polar surface area (TPSA) is 12.0 Å².